The molecule has 1 aliphatic heterocycles. The van der Waals surface area contributed by atoms with Gasteiger partial charge in [0.15, 0.2) is 0 Å². The van der Waals surface area contributed by atoms with E-state index in [-0.39, 0.29) is 11.5 Å². The standard InChI is InChI=1S/C19H22F2N2O3/c20-19(21)26-17-7-1-14(2-8-17)18(25)13-22-9-11-23(12-10-22)15-3-5-16(24)6-4-15/h1-8,18-19,24-25H,9-13H2. The molecule has 140 valence electrons. The van der Waals surface area contributed by atoms with Crippen molar-refractivity contribution in [1.82, 2.24) is 4.90 Å². The Bertz CT molecular complexity index is 687. The van der Waals surface area contributed by atoms with Gasteiger partial charge in [0.2, 0.25) is 0 Å². The summed E-state index contributed by atoms with van der Waals surface area (Å²) in [6.07, 6.45) is -0.684. The third-order valence-electron chi connectivity index (χ3n) is 4.51. The number of anilines is 1. The van der Waals surface area contributed by atoms with Gasteiger partial charge in [-0.15, -0.1) is 0 Å². The Kier molecular flexibility index (Phi) is 5.90. The van der Waals surface area contributed by atoms with E-state index >= 15 is 0 Å². The zero-order chi connectivity index (χ0) is 18.5. The van der Waals surface area contributed by atoms with Crippen LogP contribution >= 0.6 is 0 Å². The number of ether oxygens (including phenoxy) is 1. The molecule has 1 atom stereocenters. The number of phenols is 1. The minimum atomic E-state index is -2.85. The van der Waals surface area contributed by atoms with Crippen LogP contribution in [0.4, 0.5) is 14.5 Å². The Labute approximate surface area is 151 Å². The number of hydrogen-bond donors (Lipinski definition) is 2. The summed E-state index contributed by atoms with van der Waals surface area (Å²) in [6.45, 7) is 0.917. The Hall–Kier alpha value is -2.38. The second kappa shape index (κ2) is 8.33. The van der Waals surface area contributed by atoms with Gasteiger partial charge in [0.1, 0.15) is 11.5 Å². The highest BCUT2D eigenvalue weighted by Gasteiger charge is 2.20. The summed E-state index contributed by atoms with van der Waals surface area (Å²) in [5.41, 5.74) is 1.74. The van der Waals surface area contributed by atoms with Crippen molar-refractivity contribution in [2.24, 2.45) is 0 Å². The summed E-state index contributed by atoms with van der Waals surface area (Å²) in [5, 5.41) is 19.8. The molecule has 0 spiro atoms. The lowest BCUT2D eigenvalue weighted by atomic mass is 10.1. The quantitative estimate of drug-likeness (QED) is 0.826. The van der Waals surface area contributed by atoms with Crippen LogP contribution in [-0.2, 0) is 0 Å². The SMILES string of the molecule is Oc1ccc(N2CCN(CC(O)c3ccc(OC(F)F)cc3)CC2)cc1. The van der Waals surface area contributed by atoms with Gasteiger partial charge in [0, 0.05) is 38.4 Å². The first-order valence-electron chi connectivity index (χ1n) is 8.50. The van der Waals surface area contributed by atoms with E-state index in [9.17, 15) is 19.0 Å². The van der Waals surface area contributed by atoms with Crippen molar-refractivity contribution in [2.45, 2.75) is 12.7 Å². The first kappa shape index (κ1) is 18.4. The van der Waals surface area contributed by atoms with E-state index in [0.29, 0.717) is 12.1 Å². The van der Waals surface area contributed by atoms with Crippen LogP contribution in [-0.4, -0.2) is 54.4 Å². The van der Waals surface area contributed by atoms with Gasteiger partial charge in [-0.05, 0) is 42.0 Å². The van der Waals surface area contributed by atoms with Gasteiger partial charge in [0.25, 0.3) is 0 Å². The van der Waals surface area contributed by atoms with Gasteiger partial charge in [-0.1, -0.05) is 12.1 Å². The molecule has 0 radical (unpaired) electrons. The van der Waals surface area contributed by atoms with Crippen LogP contribution in [0.1, 0.15) is 11.7 Å². The summed E-state index contributed by atoms with van der Waals surface area (Å²) in [5.74, 6) is 0.332. The first-order valence-corrected chi connectivity index (χ1v) is 8.50. The number of hydrogen-bond acceptors (Lipinski definition) is 5. The molecule has 1 unspecified atom stereocenters. The fourth-order valence-corrected chi connectivity index (χ4v) is 3.07. The molecule has 1 aliphatic rings. The van der Waals surface area contributed by atoms with E-state index in [2.05, 4.69) is 14.5 Å². The second-order valence-electron chi connectivity index (χ2n) is 6.27. The van der Waals surface area contributed by atoms with E-state index in [0.717, 1.165) is 31.9 Å². The number of rotatable bonds is 6. The first-order chi connectivity index (χ1) is 12.5. The highest BCUT2D eigenvalue weighted by atomic mass is 19.3. The number of nitrogens with zero attached hydrogens (tertiary/aromatic N) is 2. The van der Waals surface area contributed by atoms with E-state index in [1.807, 2.05) is 12.1 Å². The van der Waals surface area contributed by atoms with Gasteiger partial charge in [-0.2, -0.15) is 8.78 Å². The number of piperazine rings is 1. The van der Waals surface area contributed by atoms with E-state index < -0.39 is 12.7 Å². The van der Waals surface area contributed by atoms with Crippen molar-refractivity contribution >= 4 is 5.69 Å². The van der Waals surface area contributed by atoms with Crippen LogP contribution in [0.3, 0.4) is 0 Å². The Balaban J connectivity index is 1.50. The molecule has 0 aromatic heterocycles. The number of β-amino-alcohol motifs (C(OH)–C–C–N with tert-alkyl or cyclic N) is 1. The molecule has 26 heavy (non-hydrogen) atoms. The molecule has 1 fully saturated rings. The summed E-state index contributed by atoms with van der Waals surface area (Å²) in [6, 6.07) is 13.2. The molecule has 3 rings (SSSR count). The molecule has 0 bridgehead atoms. The Morgan fingerprint density at radius 2 is 1.54 bits per heavy atom. The third kappa shape index (κ3) is 4.83. The number of aromatic hydroxyl groups is 1. The zero-order valence-corrected chi connectivity index (χ0v) is 14.3. The molecule has 5 nitrogen and oxygen atoms in total. The van der Waals surface area contributed by atoms with E-state index in [1.165, 1.54) is 12.1 Å². The number of aliphatic hydroxyl groups is 1. The van der Waals surface area contributed by atoms with Crippen LogP contribution in [0.25, 0.3) is 0 Å². The van der Waals surface area contributed by atoms with Crippen molar-refractivity contribution in [3.63, 3.8) is 0 Å². The minimum absolute atomic E-state index is 0.0819. The predicted octanol–water partition coefficient (Wildman–Crippen LogP) is 2.85. The van der Waals surface area contributed by atoms with Crippen molar-refractivity contribution in [1.29, 1.82) is 0 Å². The number of aliphatic hydroxyl groups excluding tert-OH is 1. The lowest BCUT2D eigenvalue weighted by Crippen LogP contribution is -2.47. The Morgan fingerprint density at radius 1 is 0.923 bits per heavy atom. The van der Waals surface area contributed by atoms with Crippen molar-refractivity contribution < 1.29 is 23.7 Å². The van der Waals surface area contributed by atoms with Crippen molar-refractivity contribution in [2.75, 3.05) is 37.6 Å². The molecular formula is C19H22F2N2O3. The second-order valence-corrected chi connectivity index (χ2v) is 6.27. The number of benzene rings is 2. The van der Waals surface area contributed by atoms with Crippen molar-refractivity contribution in [3.8, 4) is 11.5 Å². The summed E-state index contributed by atoms with van der Waals surface area (Å²) >= 11 is 0. The van der Waals surface area contributed by atoms with E-state index in [1.54, 1.807) is 24.3 Å². The van der Waals surface area contributed by atoms with Crippen molar-refractivity contribution in [3.05, 3.63) is 54.1 Å². The molecule has 7 heteroatoms. The lowest BCUT2D eigenvalue weighted by molar-refractivity contribution is -0.0498. The van der Waals surface area contributed by atoms with Gasteiger partial charge < -0.3 is 19.8 Å². The molecule has 0 saturated carbocycles. The van der Waals surface area contributed by atoms with Crippen LogP contribution < -0.4 is 9.64 Å². The van der Waals surface area contributed by atoms with Gasteiger partial charge in [-0.25, -0.2) is 0 Å². The fourth-order valence-electron chi connectivity index (χ4n) is 3.07. The van der Waals surface area contributed by atoms with Crippen LogP contribution in [0.2, 0.25) is 0 Å². The predicted molar refractivity (Wildman–Crippen MR) is 94.8 cm³/mol. The maximum Gasteiger partial charge on any atom is 0.387 e. The maximum absolute atomic E-state index is 12.2. The molecule has 2 aromatic carbocycles. The zero-order valence-electron chi connectivity index (χ0n) is 14.3. The summed E-state index contributed by atoms with van der Waals surface area (Å²) in [4.78, 5) is 4.41. The monoisotopic (exact) mass is 364 g/mol. The average Bonchev–Trinajstić information content (AvgIpc) is 2.63. The topological polar surface area (TPSA) is 56.2 Å². The summed E-state index contributed by atoms with van der Waals surface area (Å²) in [7, 11) is 0. The van der Waals surface area contributed by atoms with Crippen LogP contribution in [0, 0.1) is 0 Å². The number of phenolic OH excluding ortho intramolecular Hbond substituents is 1. The number of halogens is 2. The molecule has 0 aliphatic carbocycles. The van der Waals surface area contributed by atoms with Gasteiger partial charge in [0.05, 0.1) is 6.10 Å². The summed E-state index contributed by atoms with van der Waals surface area (Å²) < 4.78 is 28.6. The molecule has 1 heterocycles. The Morgan fingerprint density at radius 3 is 2.12 bits per heavy atom. The lowest BCUT2D eigenvalue weighted by Gasteiger charge is -2.37. The molecule has 2 N–H and O–H groups in total. The smallest absolute Gasteiger partial charge is 0.387 e. The van der Waals surface area contributed by atoms with Crippen LogP contribution in [0.5, 0.6) is 11.5 Å². The minimum Gasteiger partial charge on any atom is -0.508 e. The third-order valence-corrected chi connectivity index (χ3v) is 4.51. The largest absolute Gasteiger partial charge is 0.508 e. The highest BCUT2D eigenvalue weighted by molar-refractivity contribution is 5.49. The highest BCUT2D eigenvalue weighted by Crippen LogP contribution is 2.22. The maximum atomic E-state index is 12.2. The molecule has 1 saturated heterocycles. The fraction of sp³-hybridized carbons (Fsp3) is 0.368. The van der Waals surface area contributed by atoms with Gasteiger partial charge >= 0.3 is 6.61 Å². The average molecular weight is 364 g/mol. The van der Waals surface area contributed by atoms with E-state index in [4.69, 9.17) is 0 Å². The number of alkyl halides is 2. The normalized spacial score (nSPS) is 16.7. The molecular weight excluding hydrogens is 342 g/mol. The molecule has 2 aromatic rings. The molecule has 0 amide bonds. The van der Waals surface area contributed by atoms with Crippen LogP contribution in [0.15, 0.2) is 48.5 Å². The van der Waals surface area contributed by atoms with Gasteiger partial charge in [-0.3, -0.25) is 4.90 Å².